The second kappa shape index (κ2) is 11.2. The summed E-state index contributed by atoms with van der Waals surface area (Å²) >= 11 is 0. The van der Waals surface area contributed by atoms with E-state index < -0.39 is 5.41 Å². The molecule has 0 amide bonds. The Morgan fingerprint density at radius 3 is 1.42 bits per heavy atom. The first-order valence-corrected chi connectivity index (χ1v) is 18.1. The van der Waals surface area contributed by atoms with Crippen LogP contribution in [-0.4, -0.2) is 0 Å². The van der Waals surface area contributed by atoms with Gasteiger partial charge in [-0.25, -0.2) is 0 Å². The quantitative estimate of drug-likeness (QED) is 0.182. The van der Waals surface area contributed by atoms with Gasteiger partial charge in [-0.05, 0) is 90.5 Å². The molecule has 2 aliphatic carbocycles. The van der Waals surface area contributed by atoms with E-state index in [2.05, 4.69) is 205 Å². The van der Waals surface area contributed by atoms with Crippen LogP contribution >= 0.6 is 0 Å². The van der Waals surface area contributed by atoms with Crippen molar-refractivity contribution in [2.45, 2.75) is 5.41 Å². The van der Waals surface area contributed by atoms with Gasteiger partial charge in [0.2, 0.25) is 0 Å². The first kappa shape index (κ1) is 29.1. The molecule has 0 radical (unpaired) electrons. The third kappa shape index (κ3) is 3.94. The average molecular weight is 660 g/mol. The van der Waals surface area contributed by atoms with E-state index in [1.807, 2.05) is 0 Å². The van der Waals surface area contributed by atoms with Crippen molar-refractivity contribution in [1.29, 1.82) is 0 Å². The van der Waals surface area contributed by atoms with Gasteiger partial charge in [-0.1, -0.05) is 176 Å². The molecule has 0 saturated heterocycles. The van der Waals surface area contributed by atoms with Gasteiger partial charge < -0.3 is 4.90 Å². The number of hydrogen-bond donors (Lipinski definition) is 0. The van der Waals surface area contributed by atoms with Crippen molar-refractivity contribution in [2.75, 3.05) is 4.90 Å². The topological polar surface area (TPSA) is 3.24 Å². The average Bonchev–Trinajstić information content (AvgIpc) is 3.69. The Kier molecular flexibility index (Phi) is 6.23. The zero-order valence-corrected chi connectivity index (χ0v) is 28.5. The lowest BCUT2D eigenvalue weighted by Gasteiger charge is -2.36. The van der Waals surface area contributed by atoms with Gasteiger partial charge >= 0.3 is 0 Å². The lowest BCUT2D eigenvalue weighted by Crippen LogP contribution is -2.28. The Morgan fingerprint density at radius 2 is 0.750 bits per heavy atom. The van der Waals surface area contributed by atoms with Crippen LogP contribution in [0, 0.1) is 0 Å². The van der Waals surface area contributed by atoms with Crippen LogP contribution in [0.15, 0.2) is 200 Å². The van der Waals surface area contributed by atoms with Crippen molar-refractivity contribution in [3.8, 4) is 33.4 Å². The van der Waals surface area contributed by atoms with Crippen LogP contribution in [0.1, 0.15) is 22.3 Å². The zero-order valence-electron chi connectivity index (χ0n) is 28.5. The van der Waals surface area contributed by atoms with Gasteiger partial charge in [0.15, 0.2) is 0 Å². The predicted molar refractivity (Wildman–Crippen MR) is 218 cm³/mol. The zero-order chi connectivity index (χ0) is 34.2. The fourth-order valence-electron chi connectivity index (χ4n) is 9.40. The molecule has 0 N–H and O–H groups in total. The van der Waals surface area contributed by atoms with Gasteiger partial charge in [0.05, 0.1) is 16.8 Å². The minimum Gasteiger partial charge on any atom is -0.310 e. The van der Waals surface area contributed by atoms with E-state index in [0.717, 1.165) is 11.4 Å². The van der Waals surface area contributed by atoms with E-state index in [0.29, 0.717) is 0 Å². The molecule has 1 spiro atoms. The van der Waals surface area contributed by atoms with Crippen LogP contribution in [0.4, 0.5) is 17.1 Å². The molecule has 2 aliphatic rings. The standard InChI is InChI=1S/C51H33N/c1-3-18-38-34(14-1)16-11-23-39(38)36-30-32-37(33-31-36)52(48-28-12-17-35-15-2-4-19-40(35)48)49-29-13-24-44-43-22-7-10-27-47(43)51(50(44)49)45-25-8-5-20-41(45)42-21-6-9-26-46(42)51/h1-33H. The van der Waals surface area contributed by atoms with Crippen molar-refractivity contribution in [3.63, 3.8) is 0 Å². The molecule has 0 saturated carbocycles. The maximum Gasteiger partial charge on any atom is 0.0746 e. The molecule has 0 atom stereocenters. The number of fused-ring (bicyclic) bond motifs is 12. The lowest BCUT2D eigenvalue weighted by atomic mass is 9.70. The van der Waals surface area contributed by atoms with Crippen molar-refractivity contribution in [2.24, 2.45) is 0 Å². The second-order valence-corrected chi connectivity index (χ2v) is 14.0. The number of hydrogen-bond acceptors (Lipinski definition) is 1. The summed E-state index contributed by atoms with van der Waals surface area (Å²) in [4.78, 5) is 2.52. The molecular formula is C51H33N. The first-order chi connectivity index (χ1) is 25.8. The highest BCUT2D eigenvalue weighted by atomic mass is 15.1. The van der Waals surface area contributed by atoms with E-state index in [1.54, 1.807) is 0 Å². The van der Waals surface area contributed by atoms with E-state index in [-0.39, 0.29) is 0 Å². The highest BCUT2D eigenvalue weighted by Gasteiger charge is 2.53. The maximum atomic E-state index is 2.52. The molecule has 0 aromatic heterocycles. The number of anilines is 3. The minimum atomic E-state index is -0.471. The lowest BCUT2D eigenvalue weighted by molar-refractivity contribution is 0.793. The van der Waals surface area contributed by atoms with Crippen LogP contribution in [0.5, 0.6) is 0 Å². The highest BCUT2D eigenvalue weighted by Crippen LogP contribution is 2.65. The van der Waals surface area contributed by atoms with Crippen LogP contribution in [-0.2, 0) is 5.41 Å². The molecule has 0 bridgehead atoms. The van der Waals surface area contributed by atoms with Crippen molar-refractivity contribution >= 4 is 38.6 Å². The van der Waals surface area contributed by atoms with Gasteiger partial charge in [0, 0.05) is 16.6 Å². The summed E-state index contributed by atoms with van der Waals surface area (Å²) in [5.41, 5.74) is 16.0. The molecule has 9 aromatic carbocycles. The molecule has 0 heterocycles. The summed E-state index contributed by atoms with van der Waals surface area (Å²) in [6, 6.07) is 74.1. The molecule has 0 aliphatic heterocycles. The van der Waals surface area contributed by atoms with Crippen molar-refractivity contribution in [3.05, 3.63) is 222 Å². The van der Waals surface area contributed by atoms with E-state index >= 15 is 0 Å². The Bertz CT molecular complexity index is 2790. The molecule has 1 heteroatoms. The molecular weight excluding hydrogens is 627 g/mol. The fraction of sp³-hybridized carbons (Fsp3) is 0.0196. The van der Waals surface area contributed by atoms with Crippen LogP contribution in [0.25, 0.3) is 54.9 Å². The smallest absolute Gasteiger partial charge is 0.0746 e. The Hall–Kier alpha value is -6.70. The van der Waals surface area contributed by atoms with E-state index in [9.17, 15) is 0 Å². The fourth-order valence-corrected chi connectivity index (χ4v) is 9.40. The summed E-state index contributed by atoms with van der Waals surface area (Å²) < 4.78 is 0. The molecule has 242 valence electrons. The number of benzene rings is 9. The third-order valence-electron chi connectivity index (χ3n) is 11.5. The molecule has 0 unspecified atom stereocenters. The van der Waals surface area contributed by atoms with Gasteiger partial charge in [-0.15, -0.1) is 0 Å². The van der Waals surface area contributed by atoms with Crippen LogP contribution in [0.2, 0.25) is 0 Å². The third-order valence-corrected chi connectivity index (χ3v) is 11.5. The van der Waals surface area contributed by atoms with Crippen LogP contribution < -0.4 is 4.90 Å². The molecule has 11 rings (SSSR count). The monoisotopic (exact) mass is 659 g/mol. The van der Waals surface area contributed by atoms with Crippen molar-refractivity contribution < 1.29 is 0 Å². The Labute approximate surface area is 303 Å². The summed E-state index contributed by atoms with van der Waals surface area (Å²) in [6.07, 6.45) is 0. The SMILES string of the molecule is c1ccc2c(c1)-c1ccccc1C21c2ccccc2-c2cccc(N(c3ccc(-c4cccc5ccccc45)cc3)c3cccc4ccccc34)c21. The summed E-state index contributed by atoms with van der Waals surface area (Å²) in [5.74, 6) is 0. The number of rotatable bonds is 4. The molecule has 0 fully saturated rings. The summed E-state index contributed by atoms with van der Waals surface area (Å²) in [5, 5.41) is 4.96. The predicted octanol–water partition coefficient (Wildman–Crippen LogP) is 13.5. The van der Waals surface area contributed by atoms with E-state index in [4.69, 9.17) is 0 Å². The highest BCUT2D eigenvalue weighted by molar-refractivity contribution is 6.04. The van der Waals surface area contributed by atoms with E-state index in [1.165, 1.54) is 82.9 Å². The molecule has 52 heavy (non-hydrogen) atoms. The van der Waals surface area contributed by atoms with Gasteiger partial charge in [0.25, 0.3) is 0 Å². The molecule has 9 aromatic rings. The molecule has 1 nitrogen and oxygen atoms in total. The summed E-state index contributed by atoms with van der Waals surface area (Å²) in [6.45, 7) is 0. The van der Waals surface area contributed by atoms with Gasteiger partial charge in [0.1, 0.15) is 0 Å². The van der Waals surface area contributed by atoms with Crippen LogP contribution in [0.3, 0.4) is 0 Å². The maximum absolute atomic E-state index is 2.52. The normalized spacial score (nSPS) is 13.2. The minimum absolute atomic E-state index is 0.471. The Morgan fingerprint density at radius 1 is 0.308 bits per heavy atom. The van der Waals surface area contributed by atoms with Gasteiger partial charge in [-0.2, -0.15) is 0 Å². The van der Waals surface area contributed by atoms with Crippen molar-refractivity contribution in [1.82, 2.24) is 0 Å². The first-order valence-electron chi connectivity index (χ1n) is 18.1. The largest absolute Gasteiger partial charge is 0.310 e. The second-order valence-electron chi connectivity index (χ2n) is 14.0. The van der Waals surface area contributed by atoms with Gasteiger partial charge in [-0.3, -0.25) is 0 Å². The summed E-state index contributed by atoms with van der Waals surface area (Å²) in [7, 11) is 0. The number of nitrogens with zero attached hydrogens (tertiary/aromatic N) is 1. The Balaban J connectivity index is 1.22.